The SMILES string of the molecule is COc1ccccc1/C=C/C(=O)NC(=S)Nc1ccccc1OCCOc1ccccc1. The quantitative estimate of drug-likeness (QED) is 0.281. The molecule has 0 unspecified atom stereocenters. The zero-order valence-electron chi connectivity index (χ0n) is 17.6. The van der Waals surface area contributed by atoms with Crippen molar-refractivity contribution in [3.63, 3.8) is 0 Å². The number of para-hydroxylation sites is 4. The maximum Gasteiger partial charge on any atom is 0.250 e. The number of benzene rings is 3. The number of nitrogens with one attached hydrogen (secondary N) is 2. The minimum Gasteiger partial charge on any atom is -0.496 e. The molecule has 1 amide bonds. The third kappa shape index (κ3) is 7.14. The second-order valence-corrected chi connectivity index (χ2v) is 6.93. The summed E-state index contributed by atoms with van der Waals surface area (Å²) in [5.74, 6) is 1.71. The smallest absolute Gasteiger partial charge is 0.250 e. The molecule has 0 saturated carbocycles. The Balaban J connectivity index is 1.50. The van der Waals surface area contributed by atoms with Crippen LogP contribution < -0.4 is 24.8 Å². The van der Waals surface area contributed by atoms with Crippen LogP contribution >= 0.6 is 12.2 Å². The molecule has 32 heavy (non-hydrogen) atoms. The number of carbonyl (C=O) groups excluding carboxylic acids is 1. The second-order valence-electron chi connectivity index (χ2n) is 6.52. The molecule has 3 aromatic carbocycles. The van der Waals surface area contributed by atoms with E-state index in [-0.39, 0.29) is 11.0 Å². The molecule has 0 aromatic heterocycles. The van der Waals surface area contributed by atoms with Crippen molar-refractivity contribution in [3.8, 4) is 17.2 Å². The fourth-order valence-corrected chi connectivity index (χ4v) is 3.01. The highest BCUT2D eigenvalue weighted by molar-refractivity contribution is 7.80. The molecule has 6 nitrogen and oxygen atoms in total. The van der Waals surface area contributed by atoms with E-state index < -0.39 is 0 Å². The summed E-state index contributed by atoms with van der Waals surface area (Å²) in [4.78, 5) is 12.2. The van der Waals surface area contributed by atoms with Crippen molar-refractivity contribution in [1.29, 1.82) is 0 Å². The molecule has 0 spiro atoms. The summed E-state index contributed by atoms with van der Waals surface area (Å²) in [6, 6.07) is 24.3. The van der Waals surface area contributed by atoms with E-state index in [1.54, 1.807) is 13.2 Å². The summed E-state index contributed by atoms with van der Waals surface area (Å²) in [7, 11) is 1.58. The molecule has 164 valence electrons. The number of rotatable bonds is 9. The van der Waals surface area contributed by atoms with E-state index in [9.17, 15) is 4.79 Å². The molecule has 0 bridgehead atoms. The number of ether oxygens (including phenoxy) is 3. The zero-order chi connectivity index (χ0) is 22.6. The van der Waals surface area contributed by atoms with Crippen LogP contribution in [-0.2, 0) is 4.79 Å². The lowest BCUT2D eigenvalue weighted by molar-refractivity contribution is -0.115. The van der Waals surface area contributed by atoms with E-state index in [4.69, 9.17) is 26.4 Å². The Bertz CT molecular complexity index is 1070. The third-order valence-corrected chi connectivity index (χ3v) is 4.48. The van der Waals surface area contributed by atoms with Gasteiger partial charge in [-0.3, -0.25) is 10.1 Å². The number of carbonyl (C=O) groups is 1. The fourth-order valence-electron chi connectivity index (χ4n) is 2.80. The van der Waals surface area contributed by atoms with Gasteiger partial charge < -0.3 is 19.5 Å². The Kier molecular flexibility index (Phi) is 8.65. The van der Waals surface area contributed by atoms with Crippen LogP contribution in [0, 0.1) is 0 Å². The summed E-state index contributed by atoms with van der Waals surface area (Å²) in [6.07, 6.45) is 3.07. The average Bonchev–Trinajstić information content (AvgIpc) is 2.82. The van der Waals surface area contributed by atoms with E-state index in [0.717, 1.165) is 11.3 Å². The first-order chi connectivity index (χ1) is 15.7. The Hall–Kier alpha value is -3.84. The molecule has 0 aliphatic carbocycles. The predicted octanol–water partition coefficient (Wildman–Crippen LogP) is 4.68. The van der Waals surface area contributed by atoms with Gasteiger partial charge in [-0.15, -0.1) is 0 Å². The highest BCUT2D eigenvalue weighted by atomic mass is 32.1. The maximum atomic E-state index is 12.2. The summed E-state index contributed by atoms with van der Waals surface area (Å²) < 4.78 is 16.7. The molecule has 0 radical (unpaired) electrons. The molecule has 3 aromatic rings. The number of amides is 1. The summed E-state index contributed by atoms with van der Waals surface area (Å²) in [6.45, 7) is 0.752. The van der Waals surface area contributed by atoms with Gasteiger partial charge in [0.05, 0.1) is 12.8 Å². The predicted molar refractivity (Wildman–Crippen MR) is 130 cm³/mol. The first-order valence-corrected chi connectivity index (χ1v) is 10.4. The zero-order valence-corrected chi connectivity index (χ0v) is 18.4. The molecule has 0 aliphatic heterocycles. The van der Waals surface area contributed by atoms with Crippen LogP contribution in [0.2, 0.25) is 0 Å². The van der Waals surface area contributed by atoms with Crippen LogP contribution in [-0.4, -0.2) is 31.3 Å². The minimum atomic E-state index is -0.358. The number of hydrogen-bond acceptors (Lipinski definition) is 5. The fraction of sp³-hybridized carbons (Fsp3) is 0.120. The van der Waals surface area contributed by atoms with Crippen molar-refractivity contribution in [2.45, 2.75) is 0 Å². The van der Waals surface area contributed by atoms with Gasteiger partial charge in [0.2, 0.25) is 5.91 Å². The van der Waals surface area contributed by atoms with Gasteiger partial charge >= 0.3 is 0 Å². The molecule has 7 heteroatoms. The van der Waals surface area contributed by atoms with Gasteiger partial charge in [-0.05, 0) is 48.6 Å². The van der Waals surface area contributed by atoms with Gasteiger partial charge in [0.15, 0.2) is 5.11 Å². The van der Waals surface area contributed by atoms with Gasteiger partial charge in [0.25, 0.3) is 0 Å². The van der Waals surface area contributed by atoms with E-state index in [0.29, 0.717) is 30.4 Å². The molecule has 0 fully saturated rings. The topological polar surface area (TPSA) is 68.8 Å². The van der Waals surface area contributed by atoms with Crippen molar-refractivity contribution >= 4 is 35.0 Å². The highest BCUT2D eigenvalue weighted by Gasteiger charge is 2.07. The Labute approximate surface area is 192 Å². The number of methoxy groups -OCH3 is 1. The summed E-state index contributed by atoms with van der Waals surface area (Å²) >= 11 is 5.27. The van der Waals surface area contributed by atoms with Crippen LogP contribution in [0.4, 0.5) is 5.69 Å². The van der Waals surface area contributed by atoms with Crippen molar-refractivity contribution in [3.05, 3.63) is 90.5 Å². The molecule has 0 aliphatic rings. The Morgan fingerprint density at radius 1 is 0.875 bits per heavy atom. The van der Waals surface area contributed by atoms with Crippen molar-refractivity contribution in [1.82, 2.24) is 5.32 Å². The van der Waals surface area contributed by atoms with Gasteiger partial charge in [0.1, 0.15) is 30.5 Å². The molecule has 0 heterocycles. The van der Waals surface area contributed by atoms with Crippen LogP contribution in [0.1, 0.15) is 5.56 Å². The normalized spacial score (nSPS) is 10.4. The molecular weight excluding hydrogens is 424 g/mol. The van der Waals surface area contributed by atoms with E-state index in [1.807, 2.05) is 78.9 Å². The molecule has 2 N–H and O–H groups in total. The van der Waals surface area contributed by atoms with E-state index >= 15 is 0 Å². The monoisotopic (exact) mass is 448 g/mol. The van der Waals surface area contributed by atoms with Crippen LogP contribution in [0.15, 0.2) is 84.9 Å². The number of anilines is 1. The lowest BCUT2D eigenvalue weighted by atomic mass is 10.2. The van der Waals surface area contributed by atoms with Crippen LogP contribution in [0.5, 0.6) is 17.2 Å². The first kappa shape index (κ1) is 22.8. The standard InChI is InChI=1S/C25H24N2O4S/c1-29-22-13-7-5-9-19(22)15-16-24(28)27-25(32)26-21-12-6-8-14-23(21)31-18-17-30-20-10-3-2-4-11-20/h2-16H,17-18H2,1H3,(H2,26,27,28,32)/b16-15+. The Morgan fingerprint density at radius 3 is 2.31 bits per heavy atom. The second kappa shape index (κ2) is 12.1. The Morgan fingerprint density at radius 2 is 1.53 bits per heavy atom. The lowest BCUT2D eigenvalue weighted by Gasteiger charge is -2.14. The van der Waals surface area contributed by atoms with E-state index in [2.05, 4.69) is 10.6 Å². The number of hydrogen-bond donors (Lipinski definition) is 2. The maximum absolute atomic E-state index is 12.2. The molecule has 0 saturated heterocycles. The first-order valence-electron chi connectivity index (χ1n) is 9.98. The van der Waals surface area contributed by atoms with Crippen LogP contribution in [0.3, 0.4) is 0 Å². The summed E-state index contributed by atoms with van der Waals surface area (Å²) in [5, 5.41) is 5.78. The van der Waals surface area contributed by atoms with E-state index in [1.165, 1.54) is 6.08 Å². The largest absolute Gasteiger partial charge is 0.496 e. The molecule has 3 rings (SSSR count). The molecule has 0 atom stereocenters. The number of thiocarbonyl (C=S) groups is 1. The van der Waals surface area contributed by atoms with Crippen LogP contribution in [0.25, 0.3) is 6.08 Å². The van der Waals surface area contributed by atoms with Gasteiger partial charge in [0, 0.05) is 11.6 Å². The average molecular weight is 449 g/mol. The third-order valence-electron chi connectivity index (χ3n) is 4.28. The minimum absolute atomic E-state index is 0.163. The van der Waals surface area contributed by atoms with Crippen molar-refractivity contribution < 1.29 is 19.0 Å². The highest BCUT2D eigenvalue weighted by Crippen LogP contribution is 2.23. The van der Waals surface area contributed by atoms with Gasteiger partial charge in [-0.1, -0.05) is 48.5 Å². The lowest BCUT2D eigenvalue weighted by Crippen LogP contribution is -2.33. The summed E-state index contributed by atoms with van der Waals surface area (Å²) in [5.41, 5.74) is 1.44. The van der Waals surface area contributed by atoms with Gasteiger partial charge in [-0.2, -0.15) is 0 Å². The van der Waals surface area contributed by atoms with Gasteiger partial charge in [-0.25, -0.2) is 0 Å². The van der Waals surface area contributed by atoms with Crippen molar-refractivity contribution in [2.75, 3.05) is 25.6 Å². The van der Waals surface area contributed by atoms with Crippen molar-refractivity contribution in [2.24, 2.45) is 0 Å². The molecular formula is C25H24N2O4S.